The number of ether oxygens (including phenoxy) is 1. The van der Waals surface area contributed by atoms with E-state index in [1.807, 2.05) is 0 Å². The van der Waals surface area contributed by atoms with Crippen LogP contribution in [0.3, 0.4) is 0 Å². The van der Waals surface area contributed by atoms with Crippen LogP contribution in [0.2, 0.25) is 0 Å². The monoisotopic (exact) mass is 275 g/mol. The second kappa shape index (κ2) is 5.61. The minimum Gasteiger partial charge on any atom is -0.497 e. The van der Waals surface area contributed by atoms with Crippen molar-refractivity contribution in [2.24, 2.45) is 5.92 Å². The number of rotatable bonds is 3. The lowest BCUT2D eigenvalue weighted by Gasteiger charge is -2.17. The largest absolute Gasteiger partial charge is 0.628 e. The smallest absolute Gasteiger partial charge is 0.497 e. The van der Waals surface area contributed by atoms with Crippen LogP contribution < -0.4 is 15.2 Å². The lowest BCUT2D eigenvalue weighted by atomic mass is 9.89. The summed E-state index contributed by atoms with van der Waals surface area (Å²) < 4.78 is 12.0. The molecule has 106 valence electrons. The Bertz CT molecular complexity index is 660. The molecule has 1 heterocycles. The Balaban J connectivity index is 1.93. The Kier molecular flexibility index (Phi) is 3.67. The van der Waals surface area contributed by atoms with Crippen molar-refractivity contribution in [1.29, 1.82) is 0 Å². The fraction of sp³-hybridized carbons (Fsp3) is 0.533. The lowest BCUT2D eigenvalue weighted by Crippen LogP contribution is -2.54. The van der Waals surface area contributed by atoms with Crippen LogP contribution in [0.1, 0.15) is 32.1 Å². The molecule has 0 radical (unpaired) electrons. The zero-order valence-corrected chi connectivity index (χ0v) is 11.7. The van der Waals surface area contributed by atoms with Gasteiger partial charge in [-0.3, -0.25) is 0 Å². The highest BCUT2D eigenvalue weighted by Crippen LogP contribution is 2.23. The first-order chi connectivity index (χ1) is 9.76. The predicted octanol–water partition coefficient (Wildman–Crippen LogP) is 2.06. The molecule has 5 nitrogen and oxygen atoms in total. The minimum absolute atomic E-state index is 0.381. The van der Waals surface area contributed by atoms with E-state index < -0.39 is 0 Å². The lowest BCUT2D eigenvalue weighted by molar-refractivity contribution is -0.780. The van der Waals surface area contributed by atoms with Gasteiger partial charge in [-0.1, -0.05) is 19.3 Å². The molecule has 1 aliphatic carbocycles. The van der Waals surface area contributed by atoms with Crippen LogP contribution >= 0.6 is 0 Å². The standard InChI is InChI=1S/C15H19N2O3/c1-19-12-7-8-14-13(9-12)16-17(15(18)20-14)10-11-5-3-2-4-6-11/h7-9,11H,2-6,10H2,1H3/q+1. The quantitative estimate of drug-likeness (QED) is 0.805. The average molecular weight is 275 g/mol. The predicted molar refractivity (Wildman–Crippen MR) is 73.6 cm³/mol. The van der Waals surface area contributed by atoms with Gasteiger partial charge in [0.05, 0.1) is 7.11 Å². The van der Waals surface area contributed by atoms with Gasteiger partial charge in [-0.05, 0) is 29.7 Å². The molecule has 2 aromatic rings. The van der Waals surface area contributed by atoms with Crippen molar-refractivity contribution in [2.45, 2.75) is 38.6 Å². The van der Waals surface area contributed by atoms with E-state index >= 15 is 0 Å². The molecule has 1 fully saturated rings. The zero-order valence-electron chi connectivity index (χ0n) is 11.7. The van der Waals surface area contributed by atoms with Crippen molar-refractivity contribution in [3.05, 3.63) is 28.7 Å². The van der Waals surface area contributed by atoms with Gasteiger partial charge in [-0.15, -0.1) is 0 Å². The molecule has 1 aromatic carbocycles. The first-order valence-electron chi connectivity index (χ1n) is 7.15. The van der Waals surface area contributed by atoms with Gasteiger partial charge in [-0.25, -0.2) is 0 Å². The van der Waals surface area contributed by atoms with Crippen molar-refractivity contribution in [3.63, 3.8) is 0 Å². The van der Waals surface area contributed by atoms with Gasteiger partial charge in [0.2, 0.25) is 0 Å². The molecule has 3 rings (SSSR count). The van der Waals surface area contributed by atoms with E-state index in [9.17, 15) is 4.79 Å². The normalized spacial score (nSPS) is 16.4. The maximum atomic E-state index is 12.0. The van der Waals surface area contributed by atoms with Gasteiger partial charge in [0.15, 0.2) is 17.6 Å². The molecule has 1 aliphatic rings. The zero-order chi connectivity index (χ0) is 13.9. The van der Waals surface area contributed by atoms with Gasteiger partial charge in [-0.2, -0.15) is 4.79 Å². The maximum absolute atomic E-state index is 12.0. The average Bonchev–Trinajstić information content (AvgIpc) is 2.48. The summed E-state index contributed by atoms with van der Waals surface area (Å²) >= 11 is 0. The summed E-state index contributed by atoms with van der Waals surface area (Å²) in [4.78, 5) is 12.0. The molecule has 0 saturated heterocycles. The van der Waals surface area contributed by atoms with Crippen molar-refractivity contribution in [2.75, 3.05) is 7.11 Å². The molecule has 0 atom stereocenters. The number of benzene rings is 1. The Labute approximate surface area is 117 Å². The van der Waals surface area contributed by atoms with Gasteiger partial charge < -0.3 is 9.15 Å². The second-order valence-electron chi connectivity index (χ2n) is 5.39. The van der Waals surface area contributed by atoms with E-state index in [0.29, 0.717) is 29.3 Å². The summed E-state index contributed by atoms with van der Waals surface area (Å²) in [6.45, 7) is 0.648. The van der Waals surface area contributed by atoms with Crippen LogP contribution in [0.4, 0.5) is 0 Å². The van der Waals surface area contributed by atoms with Crippen LogP contribution in [0, 0.1) is 5.92 Å². The molecule has 0 aliphatic heterocycles. The number of hydrogen-bond acceptors (Lipinski definition) is 4. The van der Waals surface area contributed by atoms with Gasteiger partial charge in [0.1, 0.15) is 5.75 Å². The number of aromatic nitrogens is 2. The molecule has 0 bridgehead atoms. The Morgan fingerprint density at radius 3 is 2.90 bits per heavy atom. The second-order valence-corrected chi connectivity index (χ2v) is 5.39. The summed E-state index contributed by atoms with van der Waals surface area (Å²) in [6, 6.07) is 5.27. The summed E-state index contributed by atoms with van der Waals surface area (Å²) in [5, 5.41) is 4.41. The molecule has 1 aromatic heterocycles. The first-order valence-corrected chi connectivity index (χ1v) is 7.15. The molecule has 20 heavy (non-hydrogen) atoms. The van der Waals surface area contributed by atoms with Crippen molar-refractivity contribution in [1.82, 2.24) is 5.10 Å². The number of nitrogens with zero attached hydrogens (tertiary/aromatic N) is 2. The Morgan fingerprint density at radius 1 is 1.35 bits per heavy atom. The van der Waals surface area contributed by atoms with Crippen LogP contribution in [0.15, 0.2) is 27.4 Å². The van der Waals surface area contributed by atoms with Crippen LogP contribution in [-0.4, -0.2) is 12.2 Å². The van der Waals surface area contributed by atoms with Gasteiger partial charge in [0.25, 0.3) is 0 Å². The van der Waals surface area contributed by atoms with E-state index in [0.717, 1.165) is 0 Å². The summed E-state index contributed by atoms with van der Waals surface area (Å²) in [7, 11) is 1.61. The van der Waals surface area contributed by atoms with Gasteiger partial charge in [0, 0.05) is 17.1 Å². The van der Waals surface area contributed by atoms with E-state index in [-0.39, 0.29) is 5.76 Å². The van der Waals surface area contributed by atoms with Crippen molar-refractivity contribution in [3.8, 4) is 5.75 Å². The van der Waals surface area contributed by atoms with Gasteiger partial charge >= 0.3 is 5.76 Å². The molecule has 0 spiro atoms. The third-order valence-corrected chi connectivity index (χ3v) is 3.96. The minimum atomic E-state index is -0.381. The highest BCUT2D eigenvalue weighted by Gasteiger charge is 2.23. The first kappa shape index (κ1) is 13.1. The van der Waals surface area contributed by atoms with Crippen molar-refractivity contribution < 1.29 is 13.8 Å². The molecule has 0 N–H and O–H groups in total. The molecule has 0 amide bonds. The third-order valence-electron chi connectivity index (χ3n) is 3.96. The van der Waals surface area contributed by atoms with E-state index in [2.05, 4.69) is 5.10 Å². The van der Waals surface area contributed by atoms with Crippen LogP contribution in [-0.2, 0) is 6.54 Å². The summed E-state index contributed by atoms with van der Waals surface area (Å²) in [5.74, 6) is 0.864. The molecule has 1 saturated carbocycles. The molecular formula is C15H19N2O3+. The SMILES string of the molecule is COc1ccc2oc(=O)[n+](CC3CCCCC3)nc2c1. The molecular weight excluding hydrogens is 256 g/mol. The van der Waals surface area contributed by atoms with E-state index in [4.69, 9.17) is 9.15 Å². The fourth-order valence-electron chi connectivity index (χ4n) is 2.84. The fourth-order valence-corrected chi connectivity index (χ4v) is 2.84. The highest BCUT2D eigenvalue weighted by molar-refractivity contribution is 5.72. The third kappa shape index (κ3) is 2.66. The molecule has 0 unspecified atom stereocenters. The number of methoxy groups -OCH3 is 1. The summed E-state index contributed by atoms with van der Waals surface area (Å²) in [6.07, 6.45) is 6.14. The van der Waals surface area contributed by atoms with E-state index in [1.54, 1.807) is 25.3 Å². The summed E-state index contributed by atoms with van der Waals surface area (Å²) in [5.41, 5.74) is 1.15. The Hall–Kier alpha value is -1.91. The van der Waals surface area contributed by atoms with Crippen molar-refractivity contribution >= 4 is 11.1 Å². The number of fused-ring (bicyclic) bond motifs is 1. The Morgan fingerprint density at radius 2 is 2.15 bits per heavy atom. The van der Waals surface area contributed by atoms with E-state index in [1.165, 1.54) is 36.8 Å². The number of hydrogen-bond donors (Lipinski definition) is 0. The van der Waals surface area contributed by atoms with Crippen LogP contribution in [0.25, 0.3) is 11.1 Å². The van der Waals surface area contributed by atoms with Crippen LogP contribution in [0.5, 0.6) is 5.75 Å². The topological polar surface area (TPSA) is 56.2 Å². The maximum Gasteiger partial charge on any atom is 0.628 e. The molecule has 5 heteroatoms. The highest BCUT2D eigenvalue weighted by atomic mass is 16.5.